The van der Waals surface area contributed by atoms with E-state index in [4.69, 9.17) is 0 Å². The number of aryl methyl sites for hydroxylation is 3. The van der Waals surface area contributed by atoms with Crippen LogP contribution in [0.5, 0.6) is 0 Å². The lowest BCUT2D eigenvalue weighted by molar-refractivity contribution is -0.113. The molecule has 1 aromatic heterocycles. The van der Waals surface area contributed by atoms with Gasteiger partial charge in [0.25, 0.3) is 0 Å². The predicted molar refractivity (Wildman–Crippen MR) is 117 cm³/mol. The summed E-state index contributed by atoms with van der Waals surface area (Å²) in [5.74, 6) is 0.135. The molecule has 0 saturated heterocycles. The van der Waals surface area contributed by atoms with Crippen molar-refractivity contribution in [3.63, 3.8) is 0 Å². The molecule has 1 amide bonds. The van der Waals surface area contributed by atoms with Gasteiger partial charge in [-0.05, 0) is 53.8 Å². The van der Waals surface area contributed by atoms with Crippen LogP contribution in [0.4, 0.5) is 5.69 Å². The van der Waals surface area contributed by atoms with Crippen molar-refractivity contribution in [3.8, 4) is 5.69 Å². The third-order valence-corrected chi connectivity index (χ3v) is 5.63. The molecule has 0 aliphatic heterocycles. The number of carbonyl (C=O) groups excluding carboxylic acids is 1. The van der Waals surface area contributed by atoms with Gasteiger partial charge >= 0.3 is 0 Å². The van der Waals surface area contributed by atoms with Crippen LogP contribution in [0.1, 0.15) is 16.7 Å². The predicted octanol–water partition coefficient (Wildman–Crippen LogP) is 4.47. The molecule has 7 heteroatoms. The maximum absolute atomic E-state index is 12.5. The van der Waals surface area contributed by atoms with E-state index in [0.717, 1.165) is 33.3 Å². The Balaban J connectivity index is 1.52. The fourth-order valence-electron chi connectivity index (χ4n) is 3.50. The van der Waals surface area contributed by atoms with Gasteiger partial charge in [-0.2, -0.15) is 4.68 Å². The van der Waals surface area contributed by atoms with E-state index in [1.54, 1.807) is 4.68 Å². The van der Waals surface area contributed by atoms with E-state index in [2.05, 4.69) is 52.0 Å². The maximum atomic E-state index is 12.5. The van der Waals surface area contributed by atoms with Crippen LogP contribution in [-0.4, -0.2) is 31.9 Å². The lowest BCUT2D eigenvalue weighted by Crippen LogP contribution is -2.16. The summed E-state index contributed by atoms with van der Waals surface area (Å²) in [5.41, 5.74) is 5.06. The molecule has 4 aromatic rings. The minimum absolute atomic E-state index is 0.0856. The smallest absolute Gasteiger partial charge is 0.234 e. The highest BCUT2D eigenvalue weighted by atomic mass is 32.2. The second-order valence-corrected chi connectivity index (χ2v) is 7.92. The van der Waals surface area contributed by atoms with Gasteiger partial charge in [-0.3, -0.25) is 4.79 Å². The molecule has 0 radical (unpaired) electrons. The molecule has 4 rings (SSSR count). The number of benzene rings is 3. The molecular formula is C22H21N5OS. The summed E-state index contributed by atoms with van der Waals surface area (Å²) in [6.07, 6.45) is 0. The fraction of sp³-hybridized carbons (Fsp3) is 0.182. The molecule has 0 atom stereocenters. The van der Waals surface area contributed by atoms with E-state index in [1.165, 1.54) is 17.3 Å². The van der Waals surface area contributed by atoms with Crippen molar-refractivity contribution in [2.24, 2.45) is 0 Å². The normalized spacial score (nSPS) is 11.0. The standard InChI is InChI=1S/C22H21N5OS/c1-14-11-15(2)21(16(3)12-14)23-20(28)13-29-22-24-25-26-27(22)19-10-6-8-17-7-4-5-9-18(17)19/h4-12H,13H2,1-3H3,(H,23,28). The number of aromatic nitrogens is 4. The Hall–Kier alpha value is -3.19. The summed E-state index contributed by atoms with van der Waals surface area (Å²) < 4.78 is 1.68. The van der Waals surface area contributed by atoms with Crippen LogP contribution in [0.2, 0.25) is 0 Å². The molecule has 0 fully saturated rings. The minimum atomic E-state index is -0.0856. The molecule has 29 heavy (non-hydrogen) atoms. The van der Waals surface area contributed by atoms with E-state index in [9.17, 15) is 4.79 Å². The highest BCUT2D eigenvalue weighted by molar-refractivity contribution is 7.99. The first-order valence-corrected chi connectivity index (χ1v) is 10.3. The molecule has 0 spiro atoms. The molecular weight excluding hydrogens is 382 g/mol. The monoisotopic (exact) mass is 403 g/mol. The third kappa shape index (κ3) is 4.00. The van der Waals surface area contributed by atoms with Crippen molar-refractivity contribution in [1.82, 2.24) is 20.2 Å². The second kappa shape index (κ2) is 8.05. The lowest BCUT2D eigenvalue weighted by Gasteiger charge is -2.12. The molecule has 1 N–H and O–H groups in total. The van der Waals surface area contributed by atoms with Gasteiger partial charge in [0, 0.05) is 11.1 Å². The number of thioether (sulfide) groups is 1. The molecule has 0 aliphatic carbocycles. The topological polar surface area (TPSA) is 72.7 Å². The number of carbonyl (C=O) groups is 1. The van der Waals surface area contributed by atoms with Crippen molar-refractivity contribution < 1.29 is 4.79 Å². The highest BCUT2D eigenvalue weighted by Gasteiger charge is 2.14. The van der Waals surface area contributed by atoms with Gasteiger partial charge in [0.05, 0.1) is 11.4 Å². The van der Waals surface area contributed by atoms with Crippen molar-refractivity contribution in [3.05, 3.63) is 71.3 Å². The van der Waals surface area contributed by atoms with Crippen LogP contribution < -0.4 is 5.32 Å². The average molecular weight is 404 g/mol. The van der Waals surface area contributed by atoms with E-state index in [1.807, 2.05) is 44.2 Å². The SMILES string of the molecule is Cc1cc(C)c(NC(=O)CSc2nnnn2-c2cccc3ccccc23)c(C)c1. The number of hydrogen-bond donors (Lipinski definition) is 1. The second-order valence-electron chi connectivity index (χ2n) is 6.98. The molecule has 0 aliphatic rings. The number of tetrazole rings is 1. The molecule has 3 aromatic carbocycles. The number of amides is 1. The van der Waals surface area contributed by atoms with Gasteiger partial charge in [0.2, 0.25) is 11.1 Å². The fourth-order valence-corrected chi connectivity index (χ4v) is 4.18. The Labute approximate surface area is 173 Å². The van der Waals surface area contributed by atoms with Crippen molar-refractivity contribution in [2.75, 3.05) is 11.1 Å². The van der Waals surface area contributed by atoms with Crippen LogP contribution in [0.15, 0.2) is 59.8 Å². The average Bonchev–Trinajstić information content (AvgIpc) is 3.17. The van der Waals surface area contributed by atoms with Crippen molar-refractivity contribution >= 4 is 34.1 Å². The Morgan fingerprint density at radius 1 is 1.03 bits per heavy atom. The largest absolute Gasteiger partial charge is 0.325 e. The van der Waals surface area contributed by atoms with Gasteiger partial charge < -0.3 is 5.32 Å². The number of rotatable bonds is 5. The van der Waals surface area contributed by atoms with Crippen molar-refractivity contribution in [1.29, 1.82) is 0 Å². The van der Waals surface area contributed by atoms with Gasteiger partial charge in [-0.1, -0.05) is 65.9 Å². The zero-order valence-electron chi connectivity index (χ0n) is 16.5. The molecule has 0 bridgehead atoms. The van der Waals surface area contributed by atoms with E-state index < -0.39 is 0 Å². The lowest BCUT2D eigenvalue weighted by atomic mass is 10.1. The summed E-state index contributed by atoms with van der Waals surface area (Å²) in [7, 11) is 0. The minimum Gasteiger partial charge on any atom is -0.325 e. The van der Waals surface area contributed by atoms with Crippen LogP contribution in [0.3, 0.4) is 0 Å². The maximum Gasteiger partial charge on any atom is 0.234 e. The number of anilines is 1. The molecule has 146 valence electrons. The summed E-state index contributed by atoms with van der Waals surface area (Å²) in [5, 5.41) is 17.8. The molecule has 1 heterocycles. The number of hydrogen-bond acceptors (Lipinski definition) is 5. The Kier molecular flexibility index (Phi) is 5.31. The number of nitrogens with one attached hydrogen (secondary N) is 1. The third-order valence-electron chi connectivity index (χ3n) is 4.71. The zero-order chi connectivity index (χ0) is 20.4. The zero-order valence-corrected chi connectivity index (χ0v) is 17.3. The van der Waals surface area contributed by atoms with Gasteiger partial charge in [0.15, 0.2) is 0 Å². The highest BCUT2D eigenvalue weighted by Crippen LogP contribution is 2.26. The van der Waals surface area contributed by atoms with Crippen LogP contribution >= 0.6 is 11.8 Å². The number of fused-ring (bicyclic) bond motifs is 1. The molecule has 0 saturated carbocycles. The Bertz CT molecular complexity index is 1170. The first-order valence-electron chi connectivity index (χ1n) is 9.30. The number of nitrogens with zero attached hydrogens (tertiary/aromatic N) is 4. The van der Waals surface area contributed by atoms with Crippen LogP contribution in [0.25, 0.3) is 16.5 Å². The summed E-state index contributed by atoms with van der Waals surface area (Å²) in [6.45, 7) is 6.06. The summed E-state index contributed by atoms with van der Waals surface area (Å²) >= 11 is 1.31. The van der Waals surface area contributed by atoms with Gasteiger partial charge in [-0.15, -0.1) is 5.10 Å². The van der Waals surface area contributed by atoms with Gasteiger partial charge in [-0.25, -0.2) is 0 Å². The molecule has 6 nitrogen and oxygen atoms in total. The van der Waals surface area contributed by atoms with Crippen LogP contribution in [0, 0.1) is 20.8 Å². The van der Waals surface area contributed by atoms with E-state index in [-0.39, 0.29) is 11.7 Å². The molecule has 0 unspecified atom stereocenters. The summed E-state index contributed by atoms with van der Waals surface area (Å²) in [6, 6.07) is 18.2. The van der Waals surface area contributed by atoms with E-state index in [0.29, 0.717) is 5.16 Å². The quantitative estimate of drug-likeness (QED) is 0.498. The first-order chi connectivity index (χ1) is 14.0. The van der Waals surface area contributed by atoms with Crippen LogP contribution in [-0.2, 0) is 4.79 Å². The summed E-state index contributed by atoms with van der Waals surface area (Å²) in [4.78, 5) is 12.5. The van der Waals surface area contributed by atoms with Gasteiger partial charge in [0.1, 0.15) is 0 Å². The van der Waals surface area contributed by atoms with Crippen molar-refractivity contribution in [2.45, 2.75) is 25.9 Å². The Morgan fingerprint density at radius 2 is 1.76 bits per heavy atom. The van der Waals surface area contributed by atoms with E-state index >= 15 is 0 Å². The Morgan fingerprint density at radius 3 is 2.55 bits per heavy atom. The first kappa shape index (κ1) is 19.1.